The lowest BCUT2D eigenvalue weighted by atomic mass is 10.1. The Kier molecular flexibility index (Phi) is 9.03. The molecule has 0 saturated carbocycles. The maximum atomic E-state index is 12.2. The minimum atomic E-state index is -0.0377. The zero-order valence-electron chi connectivity index (χ0n) is 15.1. The van der Waals surface area contributed by atoms with E-state index in [-0.39, 0.29) is 18.3 Å². The van der Waals surface area contributed by atoms with Crippen molar-refractivity contribution in [2.75, 3.05) is 18.5 Å². The van der Waals surface area contributed by atoms with Gasteiger partial charge in [0.05, 0.1) is 13.0 Å². The predicted octanol–water partition coefficient (Wildman–Crippen LogP) is 4.24. The maximum absolute atomic E-state index is 12.2. The SMILES string of the molecule is CCNCc1ccccc1NC(=O)CCOc1cccc(C)c1C.Cl. The van der Waals surface area contributed by atoms with Gasteiger partial charge in [-0.3, -0.25) is 4.79 Å². The maximum Gasteiger partial charge on any atom is 0.227 e. The van der Waals surface area contributed by atoms with Gasteiger partial charge in [-0.25, -0.2) is 0 Å². The minimum absolute atomic E-state index is 0. The molecule has 0 atom stereocenters. The highest BCUT2D eigenvalue weighted by Crippen LogP contribution is 2.21. The van der Waals surface area contributed by atoms with Crippen LogP contribution in [0.15, 0.2) is 42.5 Å². The van der Waals surface area contributed by atoms with E-state index in [0.29, 0.717) is 13.0 Å². The lowest BCUT2D eigenvalue weighted by molar-refractivity contribution is -0.116. The Morgan fingerprint density at radius 3 is 2.60 bits per heavy atom. The van der Waals surface area contributed by atoms with E-state index < -0.39 is 0 Å². The molecule has 2 rings (SSSR count). The third-order valence-corrected chi connectivity index (χ3v) is 4.00. The van der Waals surface area contributed by atoms with Gasteiger partial charge in [-0.15, -0.1) is 12.4 Å². The van der Waals surface area contributed by atoms with E-state index in [4.69, 9.17) is 4.74 Å². The van der Waals surface area contributed by atoms with E-state index in [1.54, 1.807) is 0 Å². The molecule has 25 heavy (non-hydrogen) atoms. The largest absolute Gasteiger partial charge is 0.493 e. The number of rotatable bonds is 8. The standard InChI is InChI=1S/C20H26N2O2.ClH/c1-4-21-14-17-9-5-6-10-18(17)22-20(23)12-13-24-19-11-7-8-15(2)16(19)3;/h5-11,21H,4,12-14H2,1-3H3,(H,22,23);1H. The van der Waals surface area contributed by atoms with Crippen molar-refractivity contribution in [1.82, 2.24) is 5.32 Å². The quantitative estimate of drug-likeness (QED) is 0.738. The molecule has 0 bridgehead atoms. The van der Waals surface area contributed by atoms with E-state index in [2.05, 4.69) is 30.5 Å². The summed E-state index contributed by atoms with van der Waals surface area (Å²) in [4.78, 5) is 12.2. The van der Waals surface area contributed by atoms with Crippen molar-refractivity contribution in [3.05, 3.63) is 59.2 Å². The number of carbonyl (C=O) groups is 1. The number of ether oxygens (including phenoxy) is 1. The number of anilines is 1. The Morgan fingerprint density at radius 1 is 1.08 bits per heavy atom. The summed E-state index contributed by atoms with van der Waals surface area (Å²) in [6, 6.07) is 13.8. The first-order valence-electron chi connectivity index (χ1n) is 8.39. The summed E-state index contributed by atoms with van der Waals surface area (Å²) in [6.45, 7) is 8.15. The minimum Gasteiger partial charge on any atom is -0.493 e. The number of amides is 1. The molecule has 0 radical (unpaired) electrons. The molecule has 136 valence electrons. The molecule has 0 saturated heterocycles. The number of halogens is 1. The highest BCUT2D eigenvalue weighted by atomic mass is 35.5. The van der Waals surface area contributed by atoms with E-state index in [1.807, 2.05) is 43.3 Å². The fourth-order valence-electron chi connectivity index (χ4n) is 2.40. The molecule has 0 aromatic heterocycles. The van der Waals surface area contributed by atoms with Gasteiger partial charge in [-0.2, -0.15) is 0 Å². The van der Waals surface area contributed by atoms with Crippen LogP contribution in [0.25, 0.3) is 0 Å². The summed E-state index contributed by atoms with van der Waals surface area (Å²) < 4.78 is 5.75. The van der Waals surface area contributed by atoms with Crippen molar-refractivity contribution in [2.45, 2.75) is 33.7 Å². The van der Waals surface area contributed by atoms with Gasteiger partial charge in [-0.05, 0) is 49.2 Å². The second-order valence-corrected chi connectivity index (χ2v) is 5.78. The van der Waals surface area contributed by atoms with Gasteiger partial charge in [-0.1, -0.05) is 37.3 Å². The number of hydrogen-bond acceptors (Lipinski definition) is 3. The molecular weight excluding hydrogens is 336 g/mol. The van der Waals surface area contributed by atoms with Crippen molar-refractivity contribution in [1.29, 1.82) is 0 Å². The van der Waals surface area contributed by atoms with E-state index in [9.17, 15) is 4.79 Å². The van der Waals surface area contributed by atoms with Gasteiger partial charge < -0.3 is 15.4 Å². The molecule has 2 aromatic carbocycles. The molecule has 4 nitrogen and oxygen atoms in total. The van der Waals surface area contributed by atoms with E-state index in [0.717, 1.165) is 35.7 Å². The fraction of sp³-hybridized carbons (Fsp3) is 0.350. The van der Waals surface area contributed by atoms with Crippen LogP contribution in [0, 0.1) is 13.8 Å². The zero-order valence-corrected chi connectivity index (χ0v) is 15.9. The Labute approximate surface area is 156 Å². The first-order valence-corrected chi connectivity index (χ1v) is 8.39. The van der Waals surface area contributed by atoms with Gasteiger partial charge in [0.15, 0.2) is 0 Å². The molecule has 2 N–H and O–H groups in total. The van der Waals surface area contributed by atoms with Crippen molar-refractivity contribution in [2.24, 2.45) is 0 Å². The van der Waals surface area contributed by atoms with Crippen LogP contribution in [0.4, 0.5) is 5.69 Å². The summed E-state index contributed by atoms with van der Waals surface area (Å²) in [7, 11) is 0. The number of carbonyl (C=O) groups excluding carboxylic acids is 1. The van der Waals surface area contributed by atoms with Crippen LogP contribution >= 0.6 is 12.4 Å². The van der Waals surface area contributed by atoms with Crippen molar-refractivity contribution >= 4 is 24.0 Å². The Morgan fingerprint density at radius 2 is 1.84 bits per heavy atom. The fourth-order valence-corrected chi connectivity index (χ4v) is 2.40. The summed E-state index contributed by atoms with van der Waals surface area (Å²) in [5, 5.41) is 6.25. The van der Waals surface area contributed by atoms with E-state index >= 15 is 0 Å². The molecule has 0 heterocycles. The van der Waals surface area contributed by atoms with Gasteiger partial charge in [0.25, 0.3) is 0 Å². The van der Waals surface area contributed by atoms with Crippen LogP contribution in [0.5, 0.6) is 5.75 Å². The predicted molar refractivity (Wildman–Crippen MR) is 106 cm³/mol. The third-order valence-electron chi connectivity index (χ3n) is 4.00. The Hall–Kier alpha value is -2.04. The molecule has 0 unspecified atom stereocenters. The summed E-state index contributed by atoms with van der Waals surface area (Å²) in [5.74, 6) is 0.805. The van der Waals surface area contributed by atoms with Crippen molar-refractivity contribution < 1.29 is 9.53 Å². The molecule has 0 aliphatic carbocycles. The summed E-state index contributed by atoms with van der Waals surface area (Å²) in [6.07, 6.45) is 0.322. The van der Waals surface area contributed by atoms with Crippen LogP contribution in [0.3, 0.4) is 0 Å². The normalized spacial score (nSPS) is 10.0. The lowest BCUT2D eigenvalue weighted by Crippen LogP contribution is -2.18. The van der Waals surface area contributed by atoms with Crippen LogP contribution in [0.1, 0.15) is 30.0 Å². The second kappa shape index (κ2) is 10.7. The van der Waals surface area contributed by atoms with Crippen molar-refractivity contribution in [3.63, 3.8) is 0 Å². The molecule has 1 amide bonds. The molecule has 0 aliphatic heterocycles. The molecule has 5 heteroatoms. The van der Waals surface area contributed by atoms with Gasteiger partial charge in [0.2, 0.25) is 5.91 Å². The first-order chi connectivity index (χ1) is 11.6. The number of benzene rings is 2. The number of para-hydroxylation sites is 1. The van der Waals surface area contributed by atoms with Crippen LogP contribution in [0.2, 0.25) is 0 Å². The highest BCUT2D eigenvalue weighted by molar-refractivity contribution is 5.91. The van der Waals surface area contributed by atoms with Gasteiger partial charge in [0, 0.05) is 12.2 Å². The molecule has 0 aliphatic rings. The second-order valence-electron chi connectivity index (χ2n) is 5.78. The monoisotopic (exact) mass is 362 g/mol. The zero-order chi connectivity index (χ0) is 17.4. The van der Waals surface area contributed by atoms with Crippen molar-refractivity contribution in [3.8, 4) is 5.75 Å². The third kappa shape index (κ3) is 6.40. The smallest absolute Gasteiger partial charge is 0.227 e. The summed E-state index contributed by atoms with van der Waals surface area (Å²) >= 11 is 0. The average Bonchev–Trinajstić information content (AvgIpc) is 2.58. The average molecular weight is 363 g/mol. The lowest BCUT2D eigenvalue weighted by Gasteiger charge is -2.13. The van der Waals surface area contributed by atoms with Crippen LogP contribution < -0.4 is 15.4 Å². The van der Waals surface area contributed by atoms with Crippen LogP contribution in [-0.4, -0.2) is 19.1 Å². The number of nitrogens with one attached hydrogen (secondary N) is 2. The topological polar surface area (TPSA) is 50.4 Å². The molecule has 0 fully saturated rings. The summed E-state index contributed by atoms with van der Waals surface area (Å²) in [5.41, 5.74) is 4.25. The number of aryl methyl sites for hydroxylation is 1. The Balaban J connectivity index is 0.00000312. The molecule has 0 spiro atoms. The van der Waals surface area contributed by atoms with Gasteiger partial charge >= 0.3 is 0 Å². The highest BCUT2D eigenvalue weighted by Gasteiger charge is 2.08. The number of hydrogen-bond donors (Lipinski definition) is 2. The van der Waals surface area contributed by atoms with Gasteiger partial charge in [0.1, 0.15) is 5.75 Å². The molecule has 2 aromatic rings. The molecular formula is C20H27ClN2O2. The van der Waals surface area contributed by atoms with E-state index in [1.165, 1.54) is 5.56 Å². The Bertz CT molecular complexity index is 689. The first kappa shape index (κ1) is 21.0. The van der Waals surface area contributed by atoms with Crippen LogP contribution in [-0.2, 0) is 11.3 Å².